The number of fused-ring (bicyclic) bond motifs is 1. The van der Waals surface area contributed by atoms with Crippen LogP contribution >= 0.6 is 11.3 Å². The maximum Gasteiger partial charge on any atom is 0.341 e. The summed E-state index contributed by atoms with van der Waals surface area (Å²) in [5.41, 5.74) is 1.50. The van der Waals surface area contributed by atoms with Gasteiger partial charge in [-0.15, -0.1) is 11.3 Å². The third-order valence-electron chi connectivity index (χ3n) is 4.54. The predicted octanol–water partition coefficient (Wildman–Crippen LogP) is 3.72. The molecule has 7 heteroatoms. The number of carbonyl (C=O) groups excluding carboxylic acids is 3. The van der Waals surface area contributed by atoms with E-state index < -0.39 is 5.97 Å². The minimum atomic E-state index is -0.399. The SMILES string of the molecule is CCOC(=O)CCC(=O)Nc1sc2c(c1C(=O)OCC)CC[C@H](CC)C2. The van der Waals surface area contributed by atoms with Crippen LogP contribution in [-0.4, -0.2) is 31.1 Å². The van der Waals surface area contributed by atoms with Gasteiger partial charge in [0.15, 0.2) is 0 Å². The average molecular weight is 381 g/mol. The molecular formula is C19H27NO5S. The molecule has 1 amide bonds. The average Bonchev–Trinajstić information content (AvgIpc) is 2.97. The van der Waals surface area contributed by atoms with Crippen molar-refractivity contribution in [3.8, 4) is 0 Å². The topological polar surface area (TPSA) is 81.7 Å². The van der Waals surface area contributed by atoms with Crippen LogP contribution in [0.25, 0.3) is 0 Å². The van der Waals surface area contributed by atoms with Gasteiger partial charge >= 0.3 is 11.9 Å². The summed E-state index contributed by atoms with van der Waals surface area (Å²) < 4.78 is 10.0. The first kappa shape index (κ1) is 20.4. The fourth-order valence-corrected chi connectivity index (χ4v) is 4.51. The van der Waals surface area contributed by atoms with Crippen molar-refractivity contribution in [1.82, 2.24) is 0 Å². The van der Waals surface area contributed by atoms with Crippen LogP contribution in [0.4, 0.5) is 5.00 Å². The Morgan fingerprint density at radius 3 is 2.50 bits per heavy atom. The van der Waals surface area contributed by atoms with Gasteiger partial charge in [-0.05, 0) is 44.6 Å². The Labute approximate surface area is 158 Å². The molecular weight excluding hydrogens is 354 g/mol. The molecule has 0 aromatic carbocycles. The van der Waals surface area contributed by atoms with Crippen molar-refractivity contribution in [2.45, 2.75) is 59.3 Å². The number of rotatable bonds is 8. The maximum atomic E-state index is 12.4. The monoisotopic (exact) mass is 381 g/mol. The van der Waals surface area contributed by atoms with E-state index in [2.05, 4.69) is 12.2 Å². The van der Waals surface area contributed by atoms with Crippen molar-refractivity contribution in [2.75, 3.05) is 18.5 Å². The van der Waals surface area contributed by atoms with Crippen LogP contribution in [0.15, 0.2) is 0 Å². The lowest BCUT2D eigenvalue weighted by atomic mass is 9.85. The van der Waals surface area contributed by atoms with Gasteiger partial charge in [-0.2, -0.15) is 0 Å². The summed E-state index contributed by atoms with van der Waals surface area (Å²) in [5.74, 6) is -0.469. The lowest BCUT2D eigenvalue weighted by Gasteiger charge is -2.20. The molecule has 1 atom stereocenters. The van der Waals surface area contributed by atoms with Crippen LogP contribution < -0.4 is 5.32 Å². The second-order valence-corrected chi connectivity index (χ2v) is 7.40. The first-order valence-electron chi connectivity index (χ1n) is 9.27. The molecule has 0 fully saturated rings. The Bertz CT molecular complexity index is 667. The largest absolute Gasteiger partial charge is 0.466 e. The molecule has 144 valence electrons. The van der Waals surface area contributed by atoms with E-state index >= 15 is 0 Å². The molecule has 0 saturated carbocycles. The quantitative estimate of drug-likeness (QED) is 0.694. The minimum absolute atomic E-state index is 0.0252. The number of ether oxygens (including phenoxy) is 2. The molecule has 0 unspecified atom stereocenters. The van der Waals surface area contributed by atoms with Gasteiger partial charge < -0.3 is 14.8 Å². The van der Waals surface area contributed by atoms with Crippen LogP contribution in [0.5, 0.6) is 0 Å². The van der Waals surface area contributed by atoms with Crippen LogP contribution in [0.2, 0.25) is 0 Å². The molecule has 1 heterocycles. The van der Waals surface area contributed by atoms with Crippen molar-refractivity contribution < 1.29 is 23.9 Å². The van der Waals surface area contributed by atoms with Gasteiger partial charge in [-0.3, -0.25) is 9.59 Å². The highest BCUT2D eigenvalue weighted by Crippen LogP contribution is 2.40. The highest BCUT2D eigenvalue weighted by atomic mass is 32.1. The molecule has 0 radical (unpaired) electrons. The first-order valence-corrected chi connectivity index (χ1v) is 10.1. The van der Waals surface area contributed by atoms with E-state index in [-0.39, 0.29) is 31.3 Å². The summed E-state index contributed by atoms with van der Waals surface area (Å²) in [4.78, 5) is 37.2. The number of anilines is 1. The van der Waals surface area contributed by atoms with Crippen molar-refractivity contribution in [3.05, 3.63) is 16.0 Å². The minimum Gasteiger partial charge on any atom is -0.466 e. The Morgan fingerprint density at radius 1 is 1.12 bits per heavy atom. The third kappa shape index (κ3) is 5.06. The van der Waals surface area contributed by atoms with Gasteiger partial charge in [-0.25, -0.2) is 4.79 Å². The second kappa shape index (κ2) is 9.71. The van der Waals surface area contributed by atoms with Crippen LogP contribution in [0.1, 0.15) is 67.3 Å². The lowest BCUT2D eigenvalue weighted by Crippen LogP contribution is -2.18. The Balaban J connectivity index is 2.16. The second-order valence-electron chi connectivity index (χ2n) is 6.30. The molecule has 1 N–H and O–H groups in total. The molecule has 1 aliphatic rings. The maximum absolute atomic E-state index is 12.4. The van der Waals surface area contributed by atoms with E-state index in [0.29, 0.717) is 23.1 Å². The normalized spacial score (nSPS) is 15.9. The van der Waals surface area contributed by atoms with E-state index in [1.807, 2.05) is 0 Å². The summed E-state index contributed by atoms with van der Waals surface area (Å²) in [5, 5.41) is 3.35. The molecule has 0 aliphatic heterocycles. The summed E-state index contributed by atoms with van der Waals surface area (Å²) in [6, 6.07) is 0. The highest BCUT2D eigenvalue weighted by Gasteiger charge is 2.29. The molecule has 1 aliphatic carbocycles. The molecule has 0 bridgehead atoms. The molecule has 26 heavy (non-hydrogen) atoms. The zero-order valence-electron chi connectivity index (χ0n) is 15.7. The fourth-order valence-electron chi connectivity index (χ4n) is 3.15. The Kier molecular flexibility index (Phi) is 7.63. The van der Waals surface area contributed by atoms with E-state index in [4.69, 9.17) is 9.47 Å². The highest BCUT2D eigenvalue weighted by molar-refractivity contribution is 7.17. The van der Waals surface area contributed by atoms with Gasteiger partial charge in [0.1, 0.15) is 5.00 Å². The third-order valence-corrected chi connectivity index (χ3v) is 5.71. The summed E-state index contributed by atoms with van der Waals surface area (Å²) in [6.07, 6.45) is 3.97. The van der Waals surface area contributed by atoms with E-state index in [1.165, 1.54) is 11.3 Å². The van der Waals surface area contributed by atoms with Gasteiger partial charge in [0.2, 0.25) is 5.91 Å². The predicted molar refractivity (Wildman–Crippen MR) is 101 cm³/mol. The van der Waals surface area contributed by atoms with E-state index in [0.717, 1.165) is 36.1 Å². The molecule has 2 rings (SSSR count). The van der Waals surface area contributed by atoms with Crippen LogP contribution in [0, 0.1) is 5.92 Å². The molecule has 1 aromatic heterocycles. The van der Waals surface area contributed by atoms with Crippen molar-refractivity contribution in [3.63, 3.8) is 0 Å². The lowest BCUT2D eigenvalue weighted by molar-refractivity contribution is -0.144. The summed E-state index contributed by atoms with van der Waals surface area (Å²) in [7, 11) is 0. The number of nitrogens with one attached hydrogen (secondary N) is 1. The van der Waals surface area contributed by atoms with Gasteiger partial charge in [-0.1, -0.05) is 13.3 Å². The van der Waals surface area contributed by atoms with Crippen LogP contribution in [0.3, 0.4) is 0 Å². The van der Waals surface area contributed by atoms with E-state index in [9.17, 15) is 14.4 Å². The number of hydrogen-bond acceptors (Lipinski definition) is 6. The summed E-state index contributed by atoms with van der Waals surface area (Å²) in [6.45, 7) is 6.25. The summed E-state index contributed by atoms with van der Waals surface area (Å²) >= 11 is 1.46. The number of carbonyl (C=O) groups is 3. The molecule has 0 spiro atoms. The van der Waals surface area contributed by atoms with E-state index in [1.54, 1.807) is 13.8 Å². The first-order chi connectivity index (χ1) is 12.5. The van der Waals surface area contributed by atoms with Gasteiger partial charge in [0.25, 0.3) is 0 Å². The zero-order chi connectivity index (χ0) is 19.1. The molecule has 1 aromatic rings. The standard InChI is InChI=1S/C19H27NO5S/c1-4-12-7-8-13-14(11-12)26-18(17(13)19(23)25-6-3)20-15(21)9-10-16(22)24-5-2/h12H,4-11H2,1-3H3,(H,20,21)/t12-/m0/s1. The molecule has 6 nitrogen and oxygen atoms in total. The number of amides is 1. The van der Waals surface area contributed by atoms with Crippen molar-refractivity contribution in [1.29, 1.82) is 0 Å². The zero-order valence-corrected chi connectivity index (χ0v) is 16.5. The smallest absolute Gasteiger partial charge is 0.341 e. The fraction of sp³-hybridized carbons (Fsp3) is 0.632. The van der Waals surface area contributed by atoms with Crippen molar-refractivity contribution in [2.24, 2.45) is 5.92 Å². The number of esters is 2. The Hall–Kier alpha value is -1.89. The van der Waals surface area contributed by atoms with Gasteiger partial charge in [0, 0.05) is 11.3 Å². The Morgan fingerprint density at radius 2 is 1.85 bits per heavy atom. The molecule has 0 saturated heterocycles. The number of thiophene rings is 1. The van der Waals surface area contributed by atoms with Gasteiger partial charge in [0.05, 0.1) is 25.2 Å². The van der Waals surface area contributed by atoms with Crippen molar-refractivity contribution >= 4 is 34.2 Å². The van der Waals surface area contributed by atoms with Crippen LogP contribution in [-0.2, 0) is 31.9 Å². The number of hydrogen-bond donors (Lipinski definition) is 1.